The van der Waals surface area contributed by atoms with Gasteiger partial charge in [0.2, 0.25) is 10.0 Å². The van der Waals surface area contributed by atoms with Crippen molar-refractivity contribution in [2.75, 3.05) is 0 Å². The molecule has 0 aliphatic carbocycles. The molecule has 2 aromatic carbocycles. The molecular formula is C17H19Cl2NO2S. The van der Waals surface area contributed by atoms with Gasteiger partial charge < -0.3 is 0 Å². The quantitative estimate of drug-likeness (QED) is 0.786. The fourth-order valence-corrected chi connectivity index (χ4v) is 4.32. The summed E-state index contributed by atoms with van der Waals surface area (Å²) in [5, 5.41) is 0.835. The van der Waals surface area contributed by atoms with E-state index in [1.165, 1.54) is 0 Å². The summed E-state index contributed by atoms with van der Waals surface area (Å²) in [7, 11) is -3.52. The van der Waals surface area contributed by atoms with Gasteiger partial charge in [-0.3, -0.25) is 0 Å². The zero-order chi connectivity index (χ0) is 17.0. The molecule has 0 amide bonds. The van der Waals surface area contributed by atoms with Gasteiger partial charge in [-0.2, -0.15) is 0 Å². The summed E-state index contributed by atoms with van der Waals surface area (Å²) in [6, 6.07) is 12.4. The fourth-order valence-electron chi connectivity index (χ4n) is 2.29. The normalized spacial score (nSPS) is 13.0. The molecule has 0 bridgehead atoms. The summed E-state index contributed by atoms with van der Waals surface area (Å²) in [5.74, 6) is -0.175. The van der Waals surface area contributed by atoms with Crippen molar-refractivity contribution in [3.05, 3.63) is 69.2 Å². The maximum Gasteiger partial charge on any atom is 0.216 e. The molecule has 1 atom stereocenters. The van der Waals surface area contributed by atoms with Crippen molar-refractivity contribution in [3.8, 4) is 0 Å². The Morgan fingerprint density at radius 2 is 1.74 bits per heavy atom. The van der Waals surface area contributed by atoms with E-state index in [0.29, 0.717) is 22.0 Å². The largest absolute Gasteiger partial charge is 0.216 e. The molecule has 124 valence electrons. The van der Waals surface area contributed by atoms with Crippen molar-refractivity contribution in [1.82, 2.24) is 4.72 Å². The maximum absolute atomic E-state index is 12.4. The number of hydrogen-bond acceptors (Lipinski definition) is 2. The van der Waals surface area contributed by atoms with Crippen LogP contribution in [0.25, 0.3) is 0 Å². The van der Waals surface area contributed by atoms with Crippen LogP contribution in [0.5, 0.6) is 0 Å². The molecule has 1 N–H and O–H groups in total. The molecule has 0 saturated carbocycles. The van der Waals surface area contributed by atoms with Gasteiger partial charge in [0, 0.05) is 16.1 Å². The molecule has 23 heavy (non-hydrogen) atoms. The molecule has 6 heteroatoms. The molecule has 0 unspecified atom stereocenters. The Kier molecular flexibility index (Phi) is 6.09. The van der Waals surface area contributed by atoms with Crippen molar-refractivity contribution in [2.24, 2.45) is 0 Å². The van der Waals surface area contributed by atoms with Gasteiger partial charge >= 0.3 is 0 Å². The molecule has 0 spiro atoms. The topological polar surface area (TPSA) is 46.2 Å². The summed E-state index contributed by atoms with van der Waals surface area (Å²) in [4.78, 5) is 0. The molecule has 0 aromatic heterocycles. The lowest BCUT2D eigenvalue weighted by atomic mass is 10.0. The van der Waals surface area contributed by atoms with Crippen molar-refractivity contribution in [3.63, 3.8) is 0 Å². The highest BCUT2D eigenvalue weighted by Crippen LogP contribution is 2.24. The Hall–Kier alpha value is -1.07. The van der Waals surface area contributed by atoms with Crippen LogP contribution in [0.3, 0.4) is 0 Å². The van der Waals surface area contributed by atoms with Crippen molar-refractivity contribution < 1.29 is 8.42 Å². The van der Waals surface area contributed by atoms with E-state index < -0.39 is 10.0 Å². The summed E-state index contributed by atoms with van der Waals surface area (Å²) in [6.07, 6.45) is 0.663. The third kappa shape index (κ3) is 5.21. The predicted molar refractivity (Wildman–Crippen MR) is 96.4 cm³/mol. The summed E-state index contributed by atoms with van der Waals surface area (Å²) in [5.41, 5.74) is 2.62. The molecular weight excluding hydrogens is 353 g/mol. The van der Waals surface area contributed by atoms with Crippen molar-refractivity contribution >= 4 is 33.2 Å². The van der Waals surface area contributed by atoms with E-state index in [9.17, 15) is 8.42 Å². The number of sulfonamides is 1. The van der Waals surface area contributed by atoms with Gasteiger partial charge in [0.15, 0.2) is 0 Å². The van der Waals surface area contributed by atoms with E-state index in [4.69, 9.17) is 23.2 Å². The first-order valence-corrected chi connectivity index (χ1v) is 9.72. The minimum absolute atomic E-state index is 0.175. The molecule has 0 heterocycles. The molecule has 2 rings (SSSR count). The minimum Gasteiger partial charge on any atom is -0.212 e. The number of aryl methyl sites for hydroxylation is 1. The monoisotopic (exact) mass is 371 g/mol. The molecule has 0 saturated heterocycles. The SMILES string of the molecule is CC[C@H](NS(=O)(=O)Cc1ccc(Cl)cc1Cl)c1ccc(C)cc1. The summed E-state index contributed by atoms with van der Waals surface area (Å²) >= 11 is 11.9. The highest BCUT2D eigenvalue weighted by Gasteiger charge is 2.20. The van der Waals surface area contributed by atoms with Crippen LogP contribution in [0, 0.1) is 6.92 Å². The molecule has 0 radical (unpaired) electrons. The average molecular weight is 372 g/mol. The van der Waals surface area contributed by atoms with Crippen molar-refractivity contribution in [1.29, 1.82) is 0 Å². The number of nitrogens with one attached hydrogen (secondary N) is 1. The Morgan fingerprint density at radius 3 is 2.30 bits per heavy atom. The Balaban J connectivity index is 2.17. The van der Waals surface area contributed by atoms with E-state index in [1.54, 1.807) is 18.2 Å². The van der Waals surface area contributed by atoms with Crippen LogP contribution in [-0.2, 0) is 15.8 Å². The second-order valence-corrected chi connectivity index (χ2v) is 8.08. The number of benzene rings is 2. The van der Waals surface area contributed by atoms with Gasteiger partial charge in [-0.15, -0.1) is 0 Å². The molecule has 2 aromatic rings. The molecule has 0 fully saturated rings. The van der Waals surface area contributed by atoms with Gasteiger partial charge in [-0.1, -0.05) is 66.0 Å². The van der Waals surface area contributed by atoms with E-state index in [1.807, 2.05) is 38.1 Å². The second kappa shape index (κ2) is 7.67. The fraction of sp³-hybridized carbons (Fsp3) is 0.294. The highest BCUT2D eigenvalue weighted by atomic mass is 35.5. The van der Waals surface area contributed by atoms with Crippen molar-refractivity contribution in [2.45, 2.75) is 32.1 Å². The predicted octanol–water partition coefficient (Wildman–Crippen LogP) is 4.87. The van der Waals surface area contributed by atoms with Crippen LogP contribution in [0.15, 0.2) is 42.5 Å². The third-order valence-electron chi connectivity index (χ3n) is 3.57. The average Bonchev–Trinajstić information content (AvgIpc) is 2.49. The van der Waals surface area contributed by atoms with E-state index >= 15 is 0 Å². The van der Waals surface area contributed by atoms with Crippen LogP contribution in [-0.4, -0.2) is 8.42 Å². The van der Waals surface area contributed by atoms with Crippen LogP contribution in [0.4, 0.5) is 0 Å². The minimum atomic E-state index is -3.52. The van der Waals surface area contributed by atoms with Crippen LogP contribution >= 0.6 is 23.2 Å². The van der Waals surface area contributed by atoms with Crippen LogP contribution in [0.2, 0.25) is 10.0 Å². The van der Waals surface area contributed by atoms with Gasteiger partial charge in [0.05, 0.1) is 5.75 Å². The van der Waals surface area contributed by atoms with Gasteiger partial charge in [0.1, 0.15) is 0 Å². The Bertz CT molecular complexity index is 774. The zero-order valence-electron chi connectivity index (χ0n) is 13.0. The van der Waals surface area contributed by atoms with Crippen LogP contribution < -0.4 is 4.72 Å². The maximum atomic E-state index is 12.4. The lowest BCUT2D eigenvalue weighted by molar-refractivity contribution is 0.549. The van der Waals surface area contributed by atoms with Gasteiger partial charge in [-0.25, -0.2) is 13.1 Å². The third-order valence-corrected chi connectivity index (χ3v) is 5.49. The van der Waals surface area contributed by atoms with Gasteiger partial charge in [0.25, 0.3) is 0 Å². The number of hydrogen-bond donors (Lipinski definition) is 1. The molecule has 0 aliphatic rings. The first kappa shape index (κ1) is 18.3. The number of halogens is 2. The molecule has 3 nitrogen and oxygen atoms in total. The Labute approximate surface area is 147 Å². The van der Waals surface area contributed by atoms with E-state index in [2.05, 4.69) is 4.72 Å². The second-order valence-electron chi connectivity index (χ2n) is 5.48. The lowest BCUT2D eigenvalue weighted by Gasteiger charge is -2.18. The van der Waals surface area contributed by atoms with E-state index in [-0.39, 0.29) is 11.8 Å². The first-order chi connectivity index (χ1) is 10.8. The number of rotatable bonds is 6. The first-order valence-electron chi connectivity index (χ1n) is 7.31. The summed E-state index contributed by atoms with van der Waals surface area (Å²) < 4.78 is 27.6. The molecule has 0 aliphatic heterocycles. The lowest BCUT2D eigenvalue weighted by Crippen LogP contribution is -2.29. The van der Waals surface area contributed by atoms with Crippen LogP contribution in [0.1, 0.15) is 36.1 Å². The standard InChI is InChI=1S/C17H19Cl2NO2S/c1-3-17(13-6-4-12(2)5-7-13)20-23(21,22)11-14-8-9-15(18)10-16(14)19/h4-10,17,20H,3,11H2,1-2H3/t17-/m0/s1. The Morgan fingerprint density at radius 1 is 1.09 bits per heavy atom. The van der Waals surface area contributed by atoms with Gasteiger partial charge in [-0.05, 0) is 36.6 Å². The summed E-state index contributed by atoms with van der Waals surface area (Å²) in [6.45, 7) is 3.94. The zero-order valence-corrected chi connectivity index (χ0v) is 15.3. The highest BCUT2D eigenvalue weighted by molar-refractivity contribution is 7.88. The van der Waals surface area contributed by atoms with E-state index in [0.717, 1.165) is 11.1 Å². The smallest absolute Gasteiger partial charge is 0.212 e.